The van der Waals surface area contributed by atoms with Gasteiger partial charge in [0.1, 0.15) is 11.5 Å². The fourth-order valence-electron chi connectivity index (χ4n) is 2.58. The van der Waals surface area contributed by atoms with E-state index in [0.29, 0.717) is 6.04 Å². The number of hydrogen-bond acceptors (Lipinski definition) is 2. The molecule has 4 heteroatoms. The lowest BCUT2D eigenvalue weighted by atomic mass is 9.91. The summed E-state index contributed by atoms with van der Waals surface area (Å²) in [7, 11) is 0. The van der Waals surface area contributed by atoms with Crippen LogP contribution >= 0.6 is 11.6 Å². The van der Waals surface area contributed by atoms with Crippen LogP contribution in [0.5, 0.6) is 0 Å². The predicted molar refractivity (Wildman–Crippen MR) is 75.5 cm³/mol. The van der Waals surface area contributed by atoms with Crippen molar-refractivity contribution in [2.24, 2.45) is 0 Å². The van der Waals surface area contributed by atoms with Gasteiger partial charge >= 0.3 is 0 Å². The molecular weight excluding hydrogens is 246 g/mol. The smallest absolute Gasteiger partial charge is 0.138 e. The number of pyridine rings is 1. The molecule has 1 aliphatic rings. The average molecular weight is 264 g/mol. The third kappa shape index (κ3) is 2.07. The molecule has 0 radical (unpaired) electrons. The van der Waals surface area contributed by atoms with Crippen molar-refractivity contribution in [2.45, 2.75) is 31.7 Å². The molecule has 1 saturated carbocycles. The van der Waals surface area contributed by atoms with Gasteiger partial charge in [-0.2, -0.15) is 0 Å². The normalized spacial score (nSPS) is 15.8. The lowest BCUT2D eigenvalue weighted by molar-refractivity contribution is 0.383. The average Bonchev–Trinajstić information content (AvgIpc) is 2.80. The van der Waals surface area contributed by atoms with Crippen molar-refractivity contribution >= 4 is 23.1 Å². The van der Waals surface area contributed by atoms with E-state index in [-0.39, 0.29) is 0 Å². The number of halogens is 1. The number of anilines is 1. The molecule has 1 aliphatic carbocycles. The zero-order chi connectivity index (χ0) is 12.4. The lowest BCUT2D eigenvalue weighted by Gasteiger charge is -2.39. The molecule has 0 amide bonds. The van der Waals surface area contributed by atoms with Gasteiger partial charge in [0.05, 0.1) is 0 Å². The van der Waals surface area contributed by atoms with Gasteiger partial charge in [-0.25, -0.2) is 4.98 Å². The number of rotatable bonds is 5. The summed E-state index contributed by atoms with van der Waals surface area (Å²) in [5.41, 5.74) is 1.02. The van der Waals surface area contributed by atoms with Crippen LogP contribution in [-0.2, 0) is 0 Å². The molecule has 0 unspecified atom stereocenters. The second-order valence-electron chi connectivity index (χ2n) is 4.86. The Morgan fingerprint density at radius 3 is 3.00 bits per heavy atom. The fraction of sp³-hybridized carbons (Fsp3) is 0.500. The first-order valence-corrected chi connectivity index (χ1v) is 7.18. The molecule has 18 heavy (non-hydrogen) atoms. The van der Waals surface area contributed by atoms with E-state index in [0.717, 1.165) is 24.5 Å². The molecule has 96 valence electrons. The van der Waals surface area contributed by atoms with Crippen LogP contribution in [0.3, 0.4) is 0 Å². The Morgan fingerprint density at radius 1 is 1.39 bits per heavy atom. The summed E-state index contributed by atoms with van der Waals surface area (Å²) in [6.45, 7) is 1.03. The third-order valence-electron chi connectivity index (χ3n) is 3.75. The Morgan fingerprint density at radius 2 is 2.28 bits per heavy atom. The van der Waals surface area contributed by atoms with Crippen molar-refractivity contribution in [1.82, 2.24) is 9.38 Å². The zero-order valence-corrected chi connectivity index (χ0v) is 11.2. The maximum atomic E-state index is 5.85. The second kappa shape index (κ2) is 5.19. The lowest BCUT2D eigenvalue weighted by Crippen LogP contribution is -2.41. The topological polar surface area (TPSA) is 20.5 Å². The van der Waals surface area contributed by atoms with E-state index in [4.69, 9.17) is 11.6 Å². The maximum Gasteiger partial charge on any atom is 0.138 e. The SMILES string of the molecule is ClCCCN(c1cccc2nccn12)C1CCC1. The summed E-state index contributed by atoms with van der Waals surface area (Å²) in [6, 6.07) is 7.00. The molecule has 0 N–H and O–H groups in total. The molecule has 2 heterocycles. The highest BCUT2D eigenvalue weighted by Crippen LogP contribution is 2.30. The van der Waals surface area contributed by atoms with Crippen LogP contribution < -0.4 is 4.90 Å². The summed E-state index contributed by atoms with van der Waals surface area (Å²) in [5, 5.41) is 0. The minimum atomic E-state index is 0.682. The Hall–Kier alpha value is -1.22. The molecule has 2 aromatic rings. The number of hydrogen-bond donors (Lipinski definition) is 0. The molecule has 1 fully saturated rings. The summed E-state index contributed by atoms with van der Waals surface area (Å²) in [4.78, 5) is 6.86. The maximum absolute atomic E-state index is 5.85. The van der Waals surface area contributed by atoms with Crippen molar-refractivity contribution in [3.63, 3.8) is 0 Å². The molecular formula is C14H18ClN3. The third-order valence-corrected chi connectivity index (χ3v) is 4.02. The van der Waals surface area contributed by atoms with Crippen LogP contribution in [0.1, 0.15) is 25.7 Å². The van der Waals surface area contributed by atoms with E-state index >= 15 is 0 Å². The van der Waals surface area contributed by atoms with Crippen LogP contribution in [-0.4, -0.2) is 27.9 Å². The molecule has 3 nitrogen and oxygen atoms in total. The standard InChI is InChI=1S/C14H18ClN3/c15-8-3-10-17(12-4-1-5-12)14-7-2-6-13-16-9-11-18(13)14/h2,6-7,9,11-12H,1,3-5,8,10H2. The summed E-state index contributed by atoms with van der Waals surface area (Å²) in [5.74, 6) is 1.98. The van der Waals surface area contributed by atoms with Gasteiger partial charge in [-0.05, 0) is 37.8 Å². The number of aromatic nitrogens is 2. The minimum absolute atomic E-state index is 0.682. The van der Waals surface area contributed by atoms with Gasteiger partial charge < -0.3 is 4.90 Å². The Bertz CT molecular complexity index is 518. The number of nitrogens with zero attached hydrogens (tertiary/aromatic N) is 3. The first-order chi connectivity index (χ1) is 8.90. The van der Waals surface area contributed by atoms with Gasteiger partial charge in [-0.1, -0.05) is 6.07 Å². The number of alkyl halides is 1. The van der Waals surface area contributed by atoms with E-state index in [1.165, 1.54) is 25.1 Å². The number of imidazole rings is 1. The van der Waals surface area contributed by atoms with Gasteiger partial charge in [0, 0.05) is 30.9 Å². The molecule has 3 rings (SSSR count). The van der Waals surface area contributed by atoms with Gasteiger partial charge in [0.2, 0.25) is 0 Å². The van der Waals surface area contributed by atoms with E-state index < -0.39 is 0 Å². The van der Waals surface area contributed by atoms with Crippen molar-refractivity contribution in [2.75, 3.05) is 17.3 Å². The Kier molecular flexibility index (Phi) is 3.41. The van der Waals surface area contributed by atoms with Crippen LogP contribution in [0.4, 0.5) is 5.82 Å². The molecule has 0 bridgehead atoms. The van der Waals surface area contributed by atoms with Crippen molar-refractivity contribution in [3.8, 4) is 0 Å². The highest BCUT2D eigenvalue weighted by molar-refractivity contribution is 6.17. The van der Waals surface area contributed by atoms with Gasteiger partial charge in [0.15, 0.2) is 0 Å². The van der Waals surface area contributed by atoms with E-state index in [9.17, 15) is 0 Å². The first kappa shape index (κ1) is 11.8. The highest BCUT2D eigenvalue weighted by Gasteiger charge is 2.26. The van der Waals surface area contributed by atoms with Crippen LogP contribution in [0.15, 0.2) is 30.6 Å². The summed E-state index contributed by atoms with van der Waals surface area (Å²) in [6.07, 6.45) is 8.88. The molecule has 0 aromatic carbocycles. The highest BCUT2D eigenvalue weighted by atomic mass is 35.5. The quantitative estimate of drug-likeness (QED) is 0.772. The van der Waals surface area contributed by atoms with Crippen LogP contribution in [0, 0.1) is 0 Å². The molecule has 0 spiro atoms. The van der Waals surface area contributed by atoms with E-state index in [1.54, 1.807) is 0 Å². The monoisotopic (exact) mass is 263 g/mol. The van der Waals surface area contributed by atoms with E-state index in [1.807, 2.05) is 18.5 Å². The molecule has 2 aromatic heterocycles. The Balaban J connectivity index is 1.94. The minimum Gasteiger partial charge on any atom is -0.355 e. The van der Waals surface area contributed by atoms with Gasteiger partial charge in [-0.15, -0.1) is 11.6 Å². The first-order valence-electron chi connectivity index (χ1n) is 6.65. The summed E-state index contributed by atoms with van der Waals surface area (Å²) >= 11 is 5.85. The fourth-order valence-corrected chi connectivity index (χ4v) is 2.70. The molecule has 0 atom stereocenters. The molecule has 0 aliphatic heterocycles. The van der Waals surface area contributed by atoms with Crippen molar-refractivity contribution < 1.29 is 0 Å². The van der Waals surface area contributed by atoms with Gasteiger partial charge in [0.25, 0.3) is 0 Å². The summed E-state index contributed by atoms with van der Waals surface area (Å²) < 4.78 is 2.17. The van der Waals surface area contributed by atoms with Crippen LogP contribution in [0.2, 0.25) is 0 Å². The van der Waals surface area contributed by atoms with Crippen LogP contribution in [0.25, 0.3) is 5.65 Å². The van der Waals surface area contributed by atoms with Crippen molar-refractivity contribution in [1.29, 1.82) is 0 Å². The number of fused-ring (bicyclic) bond motifs is 1. The van der Waals surface area contributed by atoms with Gasteiger partial charge in [-0.3, -0.25) is 4.40 Å². The molecule has 0 saturated heterocycles. The largest absolute Gasteiger partial charge is 0.355 e. The van der Waals surface area contributed by atoms with Crippen molar-refractivity contribution in [3.05, 3.63) is 30.6 Å². The van der Waals surface area contributed by atoms with E-state index in [2.05, 4.69) is 26.4 Å². The second-order valence-corrected chi connectivity index (χ2v) is 5.24. The zero-order valence-electron chi connectivity index (χ0n) is 10.4. The Labute approximate surface area is 112 Å². The predicted octanol–water partition coefficient (Wildman–Crippen LogP) is 3.32.